The number of anilines is 2. The zero-order valence-electron chi connectivity index (χ0n) is 20.9. The van der Waals surface area contributed by atoms with E-state index in [1.54, 1.807) is 0 Å². The van der Waals surface area contributed by atoms with Crippen LogP contribution >= 0.6 is 0 Å². The normalized spacial score (nSPS) is 11.2. The fourth-order valence-electron chi connectivity index (χ4n) is 4.61. The molecule has 5 heteroatoms. The third-order valence-electron chi connectivity index (χ3n) is 6.52. The van der Waals surface area contributed by atoms with Gasteiger partial charge in [-0.3, -0.25) is 0 Å². The van der Waals surface area contributed by atoms with Crippen molar-refractivity contribution < 1.29 is 4.52 Å². The molecule has 5 nitrogen and oxygen atoms in total. The number of imidazole rings is 1. The average molecular weight is 457 g/mol. The summed E-state index contributed by atoms with van der Waals surface area (Å²) in [5.74, 6) is 0.861. The summed E-state index contributed by atoms with van der Waals surface area (Å²) in [6.45, 7) is 9.44. The minimum Gasteiger partial charge on any atom is -0.361 e. The van der Waals surface area contributed by atoms with Crippen LogP contribution in [-0.4, -0.2) is 21.3 Å². The molecule has 0 unspecified atom stereocenters. The third-order valence-corrected chi connectivity index (χ3v) is 6.52. The van der Waals surface area contributed by atoms with Gasteiger partial charge in [0, 0.05) is 41.6 Å². The Morgan fingerprint density at radius 2 is 1.68 bits per heavy atom. The first kappa shape index (κ1) is 23.8. The van der Waals surface area contributed by atoms with E-state index in [0.717, 1.165) is 34.8 Å². The van der Waals surface area contributed by atoms with E-state index in [2.05, 4.69) is 71.4 Å². The van der Waals surface area contributed by atoms with Gasteiger partial charge < -0.3 is 14.0 Å². The lowest BCUT2D eigenvalue weighted by Gasteiger charge is -2.28. The molecular formula is C29H36N4O. The number of hydrogen-bond acceptors (Lipinski definition) is 4. The number of aromatic nitrogens is 3. The maximum absolute atomic E-state index is 5.45. The predicted molar refractivity (Wildman–Crippen MR) is 140 cm³/mol. The van der Waals surface area contributed by atoms with E-state index in [0.29, 0.717) is 0 Å². The molecule has 0 saturated heterocycles. The quantitative estimate of drug-likeness (QED) is 0.215. The summed E-state index contributed by atoms with van der Waals surface area (Å²) in [5, 5.41) is 4.17. The summed E-state index contributed by atoms with van der Waals surface area (Å²) in [4.78, 5) is 6.64. The standard InChI is InChI=1S/C29H36N4O/c1-5-6-7-8-9-10-18-33(27-15-13-26(14-16-27)32-19-17-30-21-32)28-20-25(12-11-22(28)2)29-23(3)31-34-24(29)4/h11-17,19-21H,5-10,18H2,1-4H3. The van der Waals surface area contributed by atoms with Crippen LogP contribution in [0.1, 0.15) is 62.5 Å². The smallest absolute Gasteiger partial charge is 0.141 e. The monoisotopic (exact) mass is 456 g/mol. The molecule has 0 spiro atoms. The van der Waals surface area contributed by atoms with Gasteiger partial charge in [-0.1, -0.05) is 56.3 Å². The molecule has 0 atom stereocenters. The van der Waals surface area contributed by atoms with Gasteiger partial charge in [0.1, 0.15) is 5.76 Å². The second-order valence-electron chi connectivity index (χ2n) is 9.11. The molecule has 0 saturated carbocycles. The number of unbranched alkanes of at least 4 members (excludes halogenated alkanes) is 5. The summed E-state index contributed by atoms with van der Waals surface area (Å²) < 4.78 is 7.49. The highest BCUT2D eigenvalue weighted by molar-refractivity contribution is 5.76. The fraction of sp³-hybridized carbons (Fsp3) is 0.379. The lowest BCUT2D eigenvalue weighted by molar-refractivity contribution is 0.393. The highest BCUT2D eigenvalue weighted by Crippen LogP contribution is 2.35. The van der Waals surface area contributed by atoms with Crippen LogP contribution < -0.4 is 4.90 Å². The Morgan fingerprint density at radius 1 is 0.912 bits per heavy atom. The van der Waals surface area contributed by atoms with Gasteiger partial charge in [0.2, 0.25) is 0 Å². The maximum Gasteiger partial charge on any atom is 0.141 e. The zero-order valence-corrected chi connectivity index (χ0v) is 20.9. The van der Waals surface area contributed by atoms with Crippen LogP contribution in [0.25, 0.3) is 16.8 Å². The fourth-order valence-corrected chi connectivity index (χ4v) is 4.61. The first-order valence-electron chi connectivity index (χ1n) is 12.5. The lowest BCUT2D eigenvalue weighted by atomic mass is 10.0. The van der Waals surface area contributed by atoms with Crippen LogP contribution in [0.15, 0.2) is 65.7 Å². The van der Waals surface area contributed by atoms with Gasteiger partial charge in [0.25, 0.3) is 0 Å². The van der Waals surface area contributed by atoms with Gasteiger partial charge >= 0.3 is 0 Å². The molecule has 0 fully saturated rings. The highest BCUT2D eigenvalue weighted by Gasteiger charge is 2.17. The molecule has 178 valence electrons. The molecule has 0 amide bonds. The largest absolute Gasteiger partial charge is 0.361 e. The Morgan fingerprint density at radius 3 is 2.35 bits per heavy atom. The predicted octanol–water partition coefficient (Wildman–Crippen LogP) is 7.95. The molecule has 4 rings (SSSR count). The second kappa shape index (κ2) is 11.2. The summed E-state index contributed by atoms with van der Waals surface area (Å²) in [5.41, 5.74) is 8.00. The number of rotatable bonds is 11. The summed E-state index contributed by atoms with van der Waals surface area (Å²) in [6.07, 6.45) is 13.3. The van der Waals surface area contributed by atoms with E-state index < -0.39 is 0 Å². The Kier molecular flexibility index (Phi) is 7.84. The first-order chi connectivity index (χ1) is 16.6. The van der Waals surface area contributed by atoms with Crippen molar-refractivity contribution in [3.8, 4) is 16.8 Å². The number of nitrogens with zero attached hydrogens (tertiary/aromatic N) is 4. The maximum atomic E-state index is 5.45. The van der Waals surface area contributed by atoms with Gasteiger partial charge in [0.05, 0.1) is 12.0 Å². The van der Waals surface area contributed by atoms with Crippen molar-refractivity contribution in [1.29, 1.82) is 0 Å². The average Bonchev–Trinajstić information content (AvgIpc) is 3.50. The van der Waals surface area contributed by atoms with Gasteiger partial charge in [-0.05, 0) is 68.7 Å². The molecule has 0 bridgehead atoms. The van der Waals surface area contributed by atoms with Crippen molar-refractivity contribution in [2.24, 2.45) is 0 Å². The van der Waals surface area contributed by atoms with E-state index >= 15 is 0 Å². The molecule has 0 aliphatic carbocycles. The van der Waals surface area contributed by atoms with Crippen LogP contribution in [0.5, 0.6) is 0 Å². The molecule has 2 aromatic heterocycles. The molecule has 0 N–H and O–H groups in total. The minimum absolute atomic E-state index is 0.861. The highest BCUT2D eigenvalue weighted by atomic mass is 16.5. The van der Waals surface area contributed by atoms with Crippen molar-refractivity contribution in [3.63, 3.8) is 0 Å². The lowest BCUT2D eigenvalue weighted by Crippen LogP contribution is -2.19. The third kappa shape index (κ3) is 5.41. The zero-order chi connectivity index (χ0) is 23.9. The molecule has 2 heterocycles. The van der Waals surface area contributed by atoms with Gasteiger partial charge in [0.15, 0.2) is 0 Å². The first-order valence-corrected chi connectivity index (χ1v) is 12.5. The molecule has 4 aromatic rings. The molecule has 0 aliphatic heterocycles. The second-order valence-corrected chi connectivity index (χ2v) is 9.11. The summed E-state index contributed by atoms with van der Waals surface area (Å²) >= 11 is 0. The molecular weight excluding hydrogens is 420 g/mol. The van der Waals surface area contributed by atoms with Crippen LogP contribution in [0, 0.1) is 20.8 Å². The summed E-state index contributed by atoms with van der Waals surface area (Å²) in [6, 6.07) is 15.4. The molecule has 0 radical (unpaired) electrons. The van der Waals surface area contributed by atoms with E-state index in [-0.39, 0.29) is 0 Å². The SMILES string of the molecule is CCCCCCCCN(c1ccc(-n2ccnc2)cc1)c1cc(-c2c(C)noc2C)ccc1C. The van der Waals surface area contributed by atoms with Crippen molar-refractivity contribution in [2.45, 2.75) is 66.2 Å². The Bertz CT molecular complexity index is 1160. The molecule has 0 aliphatic rings. The Hall–Kier alpha value is -3.34. The molecule has 2 aromatic carbocycles. The van der Waals surface area contributed by atoms with Crippen molar-refractivity contribution in [3.05, 3.63) is 78.2 Å². The number of hydrogen-bond donors (Lipinski definition) is 0. The topological polar surface area (TPSA) is 47.1 Å². The van der Waals surface area contributed by atoms with Crippen LogP contribution in [-0.2, 0) is 0 Å². The van der Waals surface area contributed by atoms with Crippen molar-refractivity contribution in [2.75, 3.05) is 11.4 Å². The Labute approximate surface area is 203 Å². The van der Waals surface area contributed by atoms with E-state index in [9.17, 15) is 0 Å². The number of benzene rings is 2. The van der Waals surface area contributed by atoms with Gasteiger partial charge in [-0.15, -0.1) is 0 Å². The molecule has 34 heavy (non-hydrogen) atoms. The minimum atomic E-state index is 0.861. The van der Waals surface area contributed by atoms with E-state index in [4.69, 9.17) is 4.52 Å². The van der Waals surface area contributed by atoms with Gasteiger partial charge in [-0.2, -0.15) is 0 Å². The van der Waals surface area contributed by atoms with Crippen LogP contribution in [0.4, 0.5) is 11.4 Å². The van der Waals surface area contributed by atoms with E-state index in [1.807, 2.05) is 37.1 Å². The number of aryl methyl sites for hydroxylation is 3. The Balaban J connectivity index is 1.64. The van der Waals surface area contributed by atoms with Gasteiger partial charge in [-0.25, -0.2) is 4.98 Å². The van der Waals surface area contributed by atoms with E-state index in [1.165, 1.54) is 55.5 Å². The van der Waals surface area contributed by atoms with Crippen LogP contribution in [0.3, 0.4) is 0 Å². The summed E-state index contributed by atoms with van der Waals surface area (Å²) in [7, 11) is 0. The van der Waals surface area contributed by atoms with Crippen LogP contribution in [0.2, 0.25) is 0 Å². The van der Waals surface area contributed by atoms with Crippen molar-refractivity contribution >= 4 is 11.4 Å². The van der Waals surface area contributed by atoms with Crippen molar-refractivity contribution in [1.82, 2.24) is 14.7 Å².